The molecule has 0 radical (unpaired) electrons. The molecule has 0 saturated carbocycles. The third-order valence-corrected chi connectivity index (χ3v) is 3.21. The molecule has 10 nitrogen and oxygen atoms in total. The van der Waals surface area contributed by atoms with Gasteiger partial charge in [0.2, 0.25) is 41.6 Å². The summed E-state index contributed by atoms with van der Waals surface area (Å²) in [5, 5.41) is 0. The molecule has 0 N–H and O–H groups in total. The first-order chi connectivity index (χ1) is 7.41. The molecule has 0 atom stereocenters. The van der Waals surface area contributed by atoms with E-state index in [0.29, 0.717) is 0 Å². The van der Waals surface area contributed by atoms with Crippen LogP contribution in [0.2, 0.25) is 0 Å². The minimum Gasteiger partial charge on any atom is -0.379 e. The predicted molar refractivity (Wildman–Crippen MR) is 46.8 cm³/mol. The summed E-state index contributed by atoms with van der Waals surface area (Å²) in [6.45, 7) is 0. The summed E-state index contributed by atoms with van der Waals surface area (Å²) in [6, 6.07) is 0. The monoisotopic (exact) mass is 424 g/mol. The predicted octanol–water partition coefficient (Wildman–Crippen LogP) is -0.425. The second kappa shape index (κ2) is 7.74. The van der Waals surface area contributed by atoms with Crippen LogP contribution in [0.15, 0.2) is 0 Å². The van der Waals surface area contributed by atoms with Gasteiger partial charge in [0.25, 0.3) is 0 Å². The maximum atomic E-state index is 11.1. The Hall–Kier alpha value is 0.0634. The van der Waals surface area contributed by atoms with Crippen LogP contribution in [0.3, 0.4) is 0 Å². The van der Waals surface area contributed by atoms with Crippen LogP contribution in [-0.4, -0.2) is 33.7 Å². The van der Waals surface area contributed by atoms with Gasteiger partial charge in [0.15, 0.2) is 0 Å². The molecule has 0 aromatic heterocycles. The van der Waals surface area contributed by atoms with Crippen molar-refractivity contribution in [3.63, 3.8) is 0 Å². The van der Waals surface area contributed by atoms with E-state index in [9.17, 15) is 49.2 Å². The Labute approximate surface area is 118 Å². The number of hydrogen-bond donors (Lipinski definition) is 0. The van der Waals surface area contributed by atoms with Gasteiger partial charge in [0.1, 0.15) is 0 Å². The molecule has 112 valence electrons. The topological polar surface area (TPSA) is 165 Å². The third-order valence-electron chi connectivity index (χ3n) is 0.356. The van der Waals surface area contributed by atoms with Crippen LogP contribution in [0.5, 0.6) is 0 Å². The first kappa shape index (κ1) is 24.1. The molecule has 19 heteroatoms. The molecule has 0 aromatic carbocycles. The van der Waals surface area contributed by atoms with E-state index in [1.165, 1.54) is 0 Å². The normalized spacial score (nSPS) is 12.8. The summed E-state index contributed by atoms with van der Waals surface area (Å²) in [5.41, 5.74) is 0. The first-order valence-corrected chi connectivity index (χ1v) is 8.04. The van der Waals surface area contributed by atoms with E-state index in [-0.39, 0.29) is 19.5 Å². The van der Waals surface area contributed by atoms with E-state index in [4.69, 9.17) is 0 Å². The van der Waals surface area contributed by atoms with Crippen molar-refractivity contribution in [1.29, 1.82) is 0 Å². The molecular formula is F4N2O8S4Zn. The largest absolute Gasteiger partial charge is 2.00 e. The van der Waals surface area contributed by atoms with Gasteiger partial charge < -0.3 is 8.25 Å². The van der Waals surface area contributed by atoms with Crippen LogP contribution in [0.4, 0.5) is 15.5 Å². The van der Waals surface area contributed by atoms with E-state index in [1.54, 1.807) is 0 Å². The zero-order valence-electron chi connectivity index (χ0n) is 8.01. The molecule has 0 fully saturated rings. The van der Waals surface area contributed by atoms with Gasteiger partial charge in [-0.25, -0.2) is 33.7 Å². The zero-order valence-corrected chi connectivity index (χ0v) is 14.2. The summed E-state index contributed by atoms with van der Waals surface area (Å²) in [6.07, 6.45) is 0. The second-order valence-electron chi connectivity index (χ2n) is 1.80. The van der Waals surface area contributed by atoms with Crippen molar-refractivity contribution in [2.75, 3.05) is 0 Å². The van der Waals surface area contributed by atoms with E-state index < -0.39 is 41.6 Å². The summed E-state index contributed by atoms with van der Waals surface area (Å²) in [7, 11) is -22.5. The van der Waals surface area contributed by atoms with Crippen LogP contribution in [-0.2, 0) is 61.1 Å². The SMILES string of the molecule is O=S(=O)(F)[N-]S(=O)(=O)F.O=S(=O)(F)[N-]S(=O)(=O)F.[Zn+2]. The van der Waals surface area contributed by atoms with E-state index >= 15 is 0 Å². The summed E-state index contributed by atoms with van der Waals surface area (Å²) < 4.78 is 120. The van der Waals surface area contributed by atoms with Gasteiger partial charge in [-0.1, -0.05) is 0 Å². The van der Waals surface area contributed by atoms with Crippen molar-refractivity contribution in [3.8, 4) is 0 Å². The van der Waals surface area contributed by atoms with Crippen molar-refractivity contribution >= 4 is 41.6 Å². The third kappa shape index (κ3) is 32.0. The average Bonchev–Trinajstić information content (AvgIpc) is 1.64. The summed E-state index contributed by atoms with van der Waals surface area (Å²) >= 11 is 0. The smallest absolute Gasteiger partial charge is 0.379 e. The van der Waals surface area contributed by atoms with Crippen LogP contribution in [0.25, 0.3) is 8.25 Å². The minimum atomic E-state index is -5.62. The van der Waals surface area contributed by atoms with E-state index in [2.05, 4.69) is 0 Å². The molecule has 0 aliphatic carbocycles. The quantitative estimate of drug-likeness (QED) is 0.332. The molecule has 0 spiro atoms. The van der Waals surface area contributed by atoms with Crippen LogP contribution in [0, 0.1) is 0 Å². The summed E-state index contributed by atoms with van der Waals surface area (Å²) in [5.74, 6) is 0. The minimum absolute atomic E-state index is 0. The van der Waals surface area contributed by atoms with Crippen molar-refractivity contribution < 1.29 is 68.7 Å². The van der Waals surface area contributed by atoms with Crippen LogP contribution < -0.4 is 0 Å². The molecule has 0 aliphatic rings. The molecule has 0 aliphatic heterocycles. The van der Waals surface area contributed by atoms with Gasteiger partial charge in [0, 0.05) is 0 Å². The molecular weight excluding hydrogens is 426 g/mol. The van der Waals surface area contributed by atoms with Crippen molar-refractivity contribution in [2.45, 2.75) is 0 Å². The molecule has 0 aromatic rings. The summed E-state index contributed by atoms with van der Waals surface area (Å²) in [4.78, 5) is 0. The van der Waals surface area contributed by atoms with Crippen molar-refractivity contribution in [3.05, 3.63) is 8.25 Å². The van der Waals surface area contributed by atoms with E-state index in [0.717, 1.165) is 8.25 Å². The zero-order chi connectivity index (χ0) is 15.4. The fourth-order valence-electron chi connectivity index (χ4n) is 0.213. The average molecular weight is 426 g/mol. The maximum absolute atomic E-state index is 11.1. The molecule has 0 heterocycles. The van der Waals surface area contributed by atoms with Gasteiger partial charge in [0.05, 0.1) is 0 Å². The Morgan fingerprint density at radius 3 is 0.579 bits per heavy atom. The molecule has 0 saturated heterocycles. The van der Waals surface area contributed by atoms with Crippen LogP contribution >= 0.6 is 0 Å². The fraction of sp³-hybridized carbons (Fsp3) is 0. The Balaban J connectivity index is -0.000000256. The van der Waals surface area contributed by atoms with Gasteiger partial charge in [-0.05, 0) is 0 Å². The number of nitrogens with zero attached hydrogens (tertiary/aromatic N) is 2. The van der Waals surface area contributed by atoms with Gasteiger partial charge >= 0.3 is 19.5 Å². The molecule has 0 rings (SSSR count). The number of hydrogen-bond acceptors (Lipinski definition) is 8. The number of rotatable bonds is 4. The first-order valence-electron chi connectivity index (χ1n) is 2.68. The Morgan fingerprint density at radius 1 is 0.474 bits per heavy atom. The van der Waals surface area contributed by atoms with E-state index in [1.807, 2.05) is 0 Å². The molecule has 0 unspecified atom stereocenters. The van der Waals surface area contributed by atoms with Crippen molar-refractivity contribution in [1.82, 2.24) is 0 Å². The number of halogens is 4. The van der Waals surface area contributed by atoms with Crippen molar-refractivity contribution in [2.24, 2.45) is 0 Å². The molecule has 0 amide bonds. The van der Waals surface area contributed by atoms with Gasteiger partial charge in [-0.2, -0.15) is 0 Å². The van der Waals surface area contributed by atoms with Gasteiger partial charge in [-0.15, -0.1) is 15.5 Å². The van der Waals surface area contributed by atoms with Gasteiger partial charge in [-0.3, -0.25) is 0 Å². The second-order valence-corrected chi connectivity index (χ2v) is 6.29. The standard InChI is InChI=1S/2F2NO4S2.Zn/c2*1-8(4,5)3-9(2,6)7;/q2*-1;+2. The Kier molecular flexibility index (Phi) is 9.82. The van der Waals surface area contributed by atoms with Crippen LogP contribution in [0.1, 0.15) is 0 Å². The Bertz CT molecular complexity index is 551. The molecule has 0 bridgehead atoms. The fourth-order valence-corrected chi connectivity index (χ4v) is 1.91. The maximum Gasteiger partial charge on any atom is 2.00 e. The molecule has 19 heavy (non-hydrogen) atoms. The Morgan fingerprint density at radius 2 is 0.579 bits per heavy atom.